The molecule has 4 heteroatoms. The molecule has 3 aromatic rings. The molecule has 1 N–H and O–H groups in total. The van der Waals surface area contributed by atoms with Crippen molar-refractivity contribution in [3.05, 3.63) is 62.8 Å². The summed E-state index contributed by atoms with van der Waals surface area (Å²) in [6.45, 7) is 2.00. The molecule has 19 heavy (non-hydrogen) atoms. The van der Waals surface area contributed by atoms with Gasteiger partial charge in [-0.25, -0.2) is 4.98 Å². The summed E-state index contributed by atoms with van der Waals surface area (Å²) in [6, 6.07) is 12.2. The molecular formula is C15H12BrClN2. The van der Waals surface area contributed by atoms with Crippen molar-refractivity contribution in [1.29, 1.82) is 0 Å². The Morgan fingerprint density at radius 2 is 1.95 bits per heavy atom. The summed E-state index contributed by atoms with van der Waals surface area (Å²) in [6.07, 6.45) is 0.790. The van der Waals surface area contributed by atoms with Crippen LogP contribution in [0, 0.1) is 6.92 Å². The smallest absolute Gasteiger partial charge is 0.111 e. The number of H-pyrrole nitrogens is 1. The van der Waals surface area contributed by atoms with E-state index < -0.39 is 0 Å². The molecule has 0 bridgehead atoms. The molecule has 1 aromatic heterocycles. The topological polar surface area (TPSA) is 28.7 Å². The van der Waals surface area contributed by atoms with E-state index in [4.69, 9.17) is 11.6 Å². The van der Waals surface area contributed by atoms with Crippen molar-refractivity contribution in [1.82, 2.24) is 9.97 Å². The quantitative estimate of drug-likeness (QED) is 0.710. The molecule has 2 nitrogen and oxygen atoms in total. The van der Waals surface area contributed by atoms with Crippen molar-refractivity contribution in [2.45, 2.75) is 13.3 Å². The first-order valence-electron chi connectivity index (χ1n) is 6.01. The van der Waals surface area contributed by atoms with Crippen LogP contribution in [0.1, 0.15) is 17.0 Å². The number of aryl methyl sites for hydroxylation is 1. The van der Waals surface area contributed by atoms with Crippen molar-refractivity contribution in [3.63, 3.8) is 0 Å². The second-order valence-corrected chi connectivity index (χ2v) is 5.93. The van der Waals surface area contributed by atoms with Crippen LogP contribution in [0.4, 0.5) is 0 Å². The minimum absolute atomic E-state index is 0.759. The summed E-state index contributed by atoms with van der Waals surface area (Å²) >= 11 is 9.55. The highest BCUT2D eigenvalue weighted by Crippen LogP contribution is 2.22. The van der Waals surface area contributed by atoms with Crippen molar-refractivity contribution in [2.75, 3.05) is 0 Å². The monoisotopic (exact) mass is 334 g/mol. The molecule has 0 saturated carbocycles. The third-order valence-corrected chi connectivity index (χ3v) is 4.03. The molecule has 2 aromatic carbocycles. The van der Waals surface area contributed by atoms with Gasteiger partial charge in [0.1, 0.15) is 5.82 Å². The number of aromatic amines is 1. The molecule has 0 atom stereocenters. The van der Waals surface area contributed by atoms with Gasteiger partial charge in [0.15, 0.2) is 0 Å². The van der Waals surface area contributed by atoms with Crippen LogP contribution in [0.15, 0.2) is 40.9 Å². The SMILES string of the molecule is Cc1cc2[nH]c(Cc3ccc(Br)cc3)nc2cc1Cl. The number of benzene rings is 2. The van der Waals surface area contributed by atoms with E-state index >= 15 is 0 Å². The molecule has 0 aliphatic carbocycles. The lowest BCUT2D eigenvalue weighted by Crippen LogP contribution is -1.89. The van der Waals surface area contributed by atoms with Gasteiger partial charge in [-0.2, -0.15) is 0 Å². The fourth-order valence-electron chi connectivity index (χ4n) is 2.07. The largest absolute Gasteiger partial charge is 0.342 e. The minimum Gasteiger partial charge on any atom is -0.342 e. The minimum atomic E-state index is 0.759. The molecule has 0 aliphatic rings. The Labute approximate surface area is 124 Å². The van der Waals surface area contributed by atoms with E-state index in [0.29, 0.717) is 0 Å². The van der Waals surface area contributed by atoms with Crippen molar-refractivity contribution in [3.8, 4) is 0 Å². The first kappa shape index (κ1) is 12.7. The van der Waals surface area contributed by atoms with E-state index in [2.05, 4.69) is 38.0 Å². The van der Waals surface area contributed by atoms with Crippen LogP contribution in [0.3, 0.4) is 0 Å². The maximum atomic E-state index is 6.12. The van der Waals surface area contributed by atoms with Crippen LogP contribution in [0.2, 0.25) is 5.02 Å². The third kappa shape index (κ3) is 2.67. The number of hydrogen-bond donors (Lipinski definition) is 1. The molecule has 0 saturated heterocycles. The van der Waals surface area contributed by atoms with Crippen molar-refractivity contribution < 1.29 is 0 Å². The molecule has 0 amide bonds. The van der Waals surface area contributed by atoms with E-state index in [1.165, 1.54) is 5.56 Å². The maximum Gasteiger partial charge on any atom is 0.111 e. The molecule has 0 radical (unpaired) electrons. The second kappa shape index (κ2) is 4.99. The Bertz CT molecular complexity index is 693. The lowest BCUT2D eigenvalue weighted by atomic mass is 10.1. The number of nitrogens with zero attached hydrogens (tertiary/aromatic N) is 1. The van der Waals surface area contributed by atoms with Crippen molar-refractivity contribution in [2.24, 2.45) is 0 Å². The van der Waals surface area contributed by atoms with Gasteiger partial charge in [-0.05, 0) is 42.3 Å². The van der Waals surface area contributed by atoms with Gasteiger partial charge in [0, 0.05) is 15.9 Å². The number of nitrogens with one attached hydrogen (secondary N) is 1. The molecule has 3 rings (SSSR count). The fraction of sp³-hybridized carbons (Fsp3) is 0.133. The molecule has 1 heterocycles. The van der Waals surface area contributed by atoms with Crippen LogP contribution in [-0.2, 0) is 6.42 Å². The molecule has 0 unspecified atom stereocenters. The van der Waals surface area contributed by atoms with Crippen LogP contribution < -0.4 is 0 Å². The molecular weight excluding hydrogens is 324 g/mol. The average Bonchev–Trinajstić information content (AvgIpc) is 2.74. The van der Waals surface area contributed by atoms with Crippen LogP contribution in [0.25, 0.3) is 11.0 Å². The Balaban J connectivity index is 1.95. The van der Waals surface area contributed by atoms with Gasteiger partial charge in [0.2, 0.25) is 0 Å². The van der Waals surface area contributed by atoms with Gasteiger partial charge in [0.05, 0.1) is 11.0 Å². The second-order valence-electron chi connectivity index (χ2n) is 4.61. The van der Waals surface area contributed by atoms with Crippen LogP contribution in [-0.4, -0.2) is 9.97 Å². The Morgan fingerprint density at radius 3 is 2.68 bits per heavy atom. The normalized spacial score (nSPS) is 11.1. The number of hydrogen-bond acceptors (Lipinski definition) is 1. The van der Waals surface area contributed by atoms with Gasteiger partial charge in [0.25, 0.3) is 0 Å². The van der Waals surface area contributed by atoms with E-state index in [0.717, 1.165) is 38.3 Å². The number of aromatic nitrogens is 2. The van der Waals surface area contributed by atoms with Crippen LogP contribution in [0.5, 0.6) is 0 Å². The van der Waals surface area contributed by atoms with Gasteiger partial charge in [-0.3, -0.25) is 0 Å². The molecule has 0 spiro atoms. The Morgan fingerprint density at radius 1 is 1.21 bits per heavy atom. The summed E-state index contributed by atoms with van der Waals surface area (Å²) in [5.74, 6) is 0.957. The Hall–Kier alpha value is -1.32. The van der Waals surface area contributed by atoms with Gasteiger partial charge in [-0.1, -0.05) is 39.7 Å². The zero-order chi connectivity index (χ0) is 13.4. The standard InChI is InChI=1S/C15H12BrClN2/c1-9-6-13-14(8-12(9)17)19-15(18-13)7-10-2-4-11(16)5-3-10/h2-6,8H,7H2,1H3,(H,18,19). The highest BCUT2D eigenvalue weighted by Gasteiger charge is 2.06. The number of imidazole rings is 1. The molecule has 0 aliphatic heterocycles. The highest BCUT2D eigenvalue weighted by atomic mass is 79.9. The van der Waals surface area contributed by atoms with E-state index in [1.807, 2.05) is 31.2 Å². The van der Waals surface area contributed by atoms with E-state index in [1.54, 1.807) is 0 Å². The van der Waals surface area contributed by atoms with E-state index in [9.17, 15) is 0 Å². The molecule has 0 fully saturated rings. The molecule has 96 valence electrons. The summed E-state index contributed by atoms with van der Waals surface area (Å²) < 4.78 is 1.09. The summed E-state index contributed by atoms with van der Waals surface area (Å²) in [7, 11) is 0. The number of fused-ring (bicyclic) bond motifs is 1. The predicted octanol–water partition coefficient (Wildman–Crippen LogP) is 4.88. The van der Waals surface area contributed by atoms with Gasteiger partial charge in [-0.15, -0.1) is 0 Å². The van der Waals surface area contributed by atoms with Crippen LogP contribution >= 0.6 is 27.5 Å². The zero-order valence-corrected chi connectivity index (χ0v) is 12.7. The highest BCUT2D eigenvalue weighted by molar-refractivity contribution is 9.10. The first-order valence-corrected chi connectivity index (χ1v) is 7.18. The van der Waals surface area contributed by atoms with Gasteiger partial charge < -0.3 is 4.98 Å². The van der Waals surface area contributed by atoms with E-state index in [-0.39, 0.29) is 0 Å². The summed E-state index contributed by atoms with van der Waals surface area (Å²) in [5.41, 5.74) is 4.25. The number of halogens is 2. The lowest BCUT2D eigenvalue weighted by Gasteiger charge is -1.98. The number of rotatable bonds is 2. The fourth-order valence-corrected chi connectivity index (χ4v) is 2.49. The summed E-state index contributed by atoms with van der Waals surface area (Å²) in [5, 5.41) is 0.759. The Kier molecular flexibility index (Phi) is 3.33. The van der Waals surface area contributed by atoms with Crippen molar-refractivity contribution >= 4 is 38.6 Å². The summed E-state index contributed by atoms with van der Waals surface area (Å²) in [4.78, 5) is 7.93. The van der Waals surface area contributed by atoms with Gasteiger partial charge >= 0.3 is 0 Å². The average molecular weight is 336 g/mol. The predicted molar refractivity (Wildman–Crippen MR) is 82.8 cm³/mol. The first-order chi connectivity index (χ1) is 9.11. The third-order valence-electron chi connectivity index (χ3n) is 3.10. The lowest BCUT2D eigenvalue weighted by molar-refractivity contribution is 1.04. The maximum absolute atomic E-state index is 6.12. The zero-order valence-electron chi connectivity index (χ0n) is 10.4.